The molecule has 2 unspecified atom stereocenters. The van der Waals surface area contributed by atoms with Crippen molar-refractivity contribution in [2.45, 2.75) is 25.4 Å². The minimum Gasteiger partial charge on any atom is -0.480 e. The first kappa shape index (κ1) is 17.0. The number of nitrogens with zero attached hydrogens (tertiary/aromatic N) is 1. The number of halogens is 2. The Kier molecular flexibility index (Phi) is 5.20. The predicted molar refractivity (Wildman–Crippen MR) is 84.2 cm³/mol. The number of sulfone groups is 1. The predicted octanol–water partition coefficient (Wildman–Crippen LogP) is 2.69. The highest BCUT2D eigenvalue weighted by Gasteiger charge is 2.36. The summed E-state index contributed by atoms with van der Waals surface area (Å²) in [5.41, 5.74) is 0.734. The zero-order chi connectivity index (χ0) is 15.8. The standard InChI is InChI=1S/C12H15Cl2NO4S2/c1-7(9-4-10(13)20-12(9)14)15(5-11(16)17)8-2-3-21(18,19)6-8/h4,7-8H,2-3,5-6H2,1H3,(H,16,17). The average molecular weight is 372 g/mol. The fourth-order valence-corrected chi connectivity index (χ4v) is 5.97. The van der Waals surface area contributed by atoms with Crippen LogP contribution in [0.2, 0.25) is 8.67 Å². The summed E-state index contributed by atoms with van der Waals surface area (Å²) in [5, 5.41) is 9.10. The topological polar surface area (TPSA) is 74.7 Å². The van der Waals surface area contributed by atoms with Crippen molar-refractivity contribution in [1.29, 1.82) is 0 Å². The van der Waals surface area contributed by atoms with Crippen molar-refractivity contribution in [2.24, 2.45) is 0 Å². The van der Waals surface area contributed by atoms with Crippen molar-refractivity contribution in [1.82, 2.24) is 4.90 Å². The molecule has 2 atom stereocenters. The van der Waals surface area contributed by atoms with Crippen LogP contribution in [-0.4, -0.2) is 48.5 Å². The average Bonchev–Trinajstić information content (AvgIpc) is 2.87. The number of hydrogen-bond acceptors (Lipinski definition) is 5. The lowest BCUT2D eigenvalue weighted by molar-refractivity contribution is -0.139. The number of hydrogen-bond donors (Lipinski definition) is 1. The second-order valence-electron chi connectivity index (χ2n) is 5.08. The molecule has 2 heterocycles. The van der Waals surface area contributed by atoms with Crippen LogP contribution in [0.1, 0.15) is 24.9 Å². The van der Waals surface area contributed by atoms with E-state index >= 15 is 0 Å². The molecule has 1 aliphatic heterocycles. The molecule has 21 heavy (non-hydrogen) atoms. The third-order valence-corrected chi connectivity index (χ3v) is 6.89. The first-order chi connectivity index (χ1) is 9.69. The molecule has 1 saturated heterocycles. The van der Waals surface area contributed by atoms with E-state index in [1.54, 1.807) is 11.0 Å². The second-order valence-corrected chi connectivity index (χ2v) is 9.59. The van der Waals surface area contributed by atoms with E-state index in [2.05, 4.69) is 0 Å². The van der Waals surface area contributed by atoms with Crippen molar-refractivity contribution in [3.8, 4) is 0 Å². The summed E-state index contributed by atoms with van der Waals surface area (Å²) >= 11 is 13.3. The van der Waals surface area contributed by atoms with Gasteiger partial charge in [0.25, 0.3) is 0 Å². The lowest BCUT2D eigenvalue weighted by atomic mass is 10.1. The fraction of sp³-hybridized carbons (Fsp3) is 0.583. The van der Waals surface area contributed by atoms with Crippen molar-refractivity contribution in [3.63, 3.8) is 0 Å². The zero-order valence-corrected chi connectivity index (χ0v) is 14.4. The van der Waals surface area contributed by atoms with Crippen LogP contribution in [0.5, 0.6) is 0 Å². The smallest absolute Gasteiger partial charge is 0.317 e. The molecule has 1 N–H and O–H groups in total. The van der Waals surface area contributed by atoms with E-state index in [1.807, 2.05) is 6.92 Å². The number of aliphatic carboxylic acids is 1. The highest BCUT2D eigenvalue weighted by atomic mass is 35.5. The Hall–Kier alpha value is -0.340. The van der Waals surface area contributed by atoms with Gasteiger partial charge in [0.1, 0.15) is 0 Å². The molecule has 9 heteroatoms. The number of rotatable bonds is 5. The quantitative estimate of drug-likeness (QED) is 0.860. The first-order valence-corrected chi connectivity index (χ1v) is 9.71. The van der Waals surface area contributed by atoms with Gasteiger partial charge in [-0.2, -0.15) is 0 Å². The van der Waals surface area contributed by atoms with E-state index in [4.69, 9.17) is 28.3 Å². The van der Waals surface area contributed by atoms with Crippen molar-refractivity contribution >= 4 is 50.3 Å². The Morgan fingerprint density at radius 3 is 2.67 bits per heavy atom. The molecule has 1 fully saturated rings. The van der Waals surface area contributed by atoms with Crippen molar-refractivity contribution in [2.75, 3.05) is 18.1 Å². The normalized spacial score (nSPS) is 22.6. The van der Waals surface area contributed by atoms with Crippen molar-refractivity contribution in [3.05, 3.63) is 20.3 Å². The molecule has 0 spiro atoms. The van der Waals surface area contributed by atoms with Gasteiger partial charge in [-0.1, -0.05) is 23.2 Å². The lowest BCUT2D eigenvalue weighted by Crippen LogP contribution is -2.41. The van der Waals surface area contributed by atoms with Crippen LogP contribution in [0.15, 0.2) is 6.07 Å². The summed E-state index contributed by atoms with van der Waals surface area (Å²) in [7, 11) is -3.09. The van der Waals surface area contributed by atoms with Crippen molar-refractivity contribution < 1.29 is 18.3 Å². The number of carboxylic acids is 1. The maximum absolute atomic E-state index is 11.6. The molecule has 1 aromatic heterocycles. The molecule has 0 aliphatic carbocycles. The molecule has 118 valence electrons. The summed E-state index contributed by atoms with van der Waals surface area (Å²) in [6.45, 7) is 1.59. The van der Waals surface area contributed by atoms with Gasteiger partial charge >= 0.3 is 5.97 Å². The summed E-state index contributed by atoms with van der Waals surface area (Å²) in [5.74, 6) is -0.915. The first-order valence-electron chi connectivity index (χ1n) is 6.32. The summed E-state index contributed by atoms with van der Waals surface area (Å²) in [4.78, 5) is 12.8. The largest absolute Gasteiger partial charge is 0.480 e. The number of carbonyl (C=O) groups is 1. The Morgan fingerprint density at radius 1 is 1.57 bits per heavy atom. The second kappa shape index (κ2) is 6.42. The van der Waals surface area contributed by atoms with E-state index < -0.39 is 15.8 Å². The summed E-state index contributed by atoms with van der Waals surface area (Å²) in [6.07, 6.45) is 0.440. The zero-order valence-electron chi connectivity index (χ0n) is 11.3. The lowest BCUT2D eigenvalue weighted by Gasteiger charge is -2.32. The molecule has 0 amide bonds. The molecule has 2 rings (SSSR count). The minimum atomic E-state index is -3.09. The Labute approximate surface area is 137 Å². The highest BCUT2D eigenvalue weighted by Crippen LogP contribution is 2.38. The summed E-state index contributed by atoms with van der Waals surface area (Å²) in [6, 6.07) is 1.09. The van der Waals surface area contributed by atoms with Crippen LogP contribution in [0.4, 0.5) is 0 Å². The van der Waals surface area contributed by atoms with Gasteiger partial charge in [0.15, 0.2) is 9.84 Å². The van der Waals surface area contributed by atoms with Gasteiger partial charge in [-0.15, -0.1) is 11.3 Å². The van der Waals surface area contributed by atoms with Crippen LogP contribution >= 0.6 is 34.5 Å². The van der Waals surface area contributed by atoms with Crippen LogP contribution in [0.25, 0.3) is 0 Å². The van der Waals surface area contributed by atoms with E-state index in [-0.39, 0.29) is 30.1 Å². The molecule has 0 aromatic carbocycles. The van der Waals surface area contributed by atoms with Crippen LogP contribution < -0.4 is 0 Å². The SMILES string of the molecule is CC(c1cc(Cl)sc1Cl)N(CC(=O)O)C1CCS(=O)(=O)C1. The van der Waals surface area contributed by atoms with Gasteiger partial charge in [0.05, 0.1) is 26.7 Å². The van der Waals surface area contributed by atoms with Gasteiger partial charge in [-0.05, 0) is 19.4 Å². The maximum atomic E-state index is 11.6. The van der Waals surface area contributed by atoms with E-state index in [9.17, 15) is 13.2 Å². The third kappa shape index (κ3) is 4.10. The van der Waals surface area contributed by atoms with Gasteiger partial charge in [-0.25, -0.2) is 8.42 Å². The van der Waals surface area contributed by atoms with Crippen LogP contribution in [-0.2, 0) is 14.6 Å². The summed E-state index contributed by atoms with van der Waals surface area (Å²) < 4.78 is 24.3. The van der Waals surface area contributed by atoms with E-state index in [1.165, 1.54) is 11.3 Å². The van der Waals surface area contributed by atoms with Crippen LogP contribution in [0.3, 0.4) is 0 Å². The maximum Gasteiger partial charge on any atom is 0.317 e. The molecule has 0 bridgehead atoms. The fourth-order valence-electron chi connectivity index (χ4n) is 2.59. The van der Waals surface area contributed by atoms with Gasteiger partial charge in [-0.3, -0.25) is 9.69 Å². The number of carboxylic acid groups (broad SMARTS) is 1. The Balaban J connectivity index is 2.27. The van der Waals surface area contributed by atoms with Gasteiger partial charge in [0.2, 0.25) is 0 Å². The minimum absolute atomic E-state index is 0.0138. The van der Waals surface area contributed by atoms with Gasteiger partial charge < -0.3 is 5.11 Å². The Bertz CT molecular complexity index is 644. The van der Waals surface area contributed by atoms with Gasteiger partial charge in [0, 0.05) is 17.6 Å². The third-order valence-electron chi connectivity index (χ3n) is 3.63. The molecule has 0 saturated carbocycles. The van der Waals surface area contributed by atoms with E-state index in [0.717, 1.165) is 5.56 Å². The molecular formula is C12H15Cl2NO4S2. The molecule has 5 nitrogen and oxygen atoms in total. The molecule has 1 aliphatic rings. The molecule has 1 aromatic rings. The number of thiophene rings is 1. The highest BCUT2D eigenvalue weighted by molar-refractivity contribution is 7.91. The Morgan fingerprint density at radius 2 is 2.24 bits per heavy atom. The monoisotopic (exact) mass is 371 g/mol. The van der Waals surface area contributed by atoms with E-state index in [0.29, 0.717) is 15.1 Å². The molecular weight excluding hydrogens is 357 g/mol. The van der Waals surface area contributed by atoms with Crippen LogP contribution in [0, 0.1) is 0 Å². The molecule has 0 radical (unpaired) electrons.